The molecule has 0 radical (unpaired) electrons. The smallest absolute Gasteiger partial charge is 0.328 e. The Morgan fingerprint density at radius 2 is 2.00 bits per heavy atom. The van der Waals surface area contributed by atoms with Gasteiger partial charge in [-0.3, -0.25) is 10.1 Å². The van der Waals surface area contributed by atoms with Gasteiger partial charge < -0.3 is 10.0 Å². The third-order valence-electron chi connectivity index (χ3n) is 2.32. The average molecular weight is 272 g/mol. The Bertz CT molecular complexity index is 393. The molecule has 1 aliphatic rings. The molecule has 0 aliphatic carbocycles. The fourth-order valence-electron chi connectivity index (χ4n) is 1.56. The molecule has 1 fully saturated rings. The van der Waals surface area contributed by atoms with Crippen molar-refractivity contribution in [3.63, 3.8) is 0 Å². The number of urea groups is 1. The Morgan fingerprint density at radius 3 is 2.56 bits per heavy atom. The lowest BCUT2D eigenvalue weighted by Crippen LogP contribution is -2.51. The topological polar surface area (TPSA) is 86.7 Å². The van der Waals surface area contributed by atoms with Crippen LogP contribution < -0.4 is 5.32 Å². The van der Waals surface area contributed by atoms with E-state index in [1.165, 1.54) is 0 Å². The van der Waals surface area contributed by atoms with Crippen LogP contribution in [0.2, 0.25) is 0 Å². The third-order valence-corrected chi connectivity index (χ3v) is 3.62. The molecule has 2 N–H and O–H groups in total. The van der Waals surface area contributed by atoms with Crippen molar-refractivity contribution in [2.24, 2.45) is 0 Å². The molecule has 0 spiro atoms. The summed E-state index contributed by atoms with van der Waals surface area (Å²) in [4.78, 5) is 34.8. The Labute approximate surface area is 109 Å². The van der Waals surface area contributed by atoms with Crippen LogP contribution in [0.25, 0.3) is 0 Å². The minimum absolute atomic E-state index is 0.0322. The van der Waals surface area contributed by atoms with Gasteiger partial charge in [-0.25, -0.2) is 9.59 Å². The monoisotopic (exact) mass is 272 g/mol. The number of rotatable bonds is 2. The highest BCUT2D eigenvalue weighted by Gasteiger charge is 2.30. The van der Waals surface area contributed by atoms with E-state index in [0.29, 0.717) is 19.2 Å². The summed E-state index contributed by atoms with van der Waals surface area (Å²) in [5.74, 6) is -1.13. The van der Waals surface area contributed by atoms with Crippen LogP contribution in [0.3, 0.4) is 0 Å². The van der Waals surface area contributed by atoms with E-state index in [9.17, 15) is 14.4 Å². The molecule has 7 heteroatoms. The SMILES string of the molecule is CC1(C)CN(C(=O)NC(=O)/C=C/C(=O)O)CCS1. The highest BCUT2D eigenvalue weighted by molar-refractivity contribution is 8.00. The predicted molar refractivity (Wildman–Crippen MR) is 68.4 cm³/mol. The minimum atomic E-state index is -1.23. The van der Waals surface area contributed by atoms with Gasteiger partial charge in [0, 0.05) is 35.7 Å². The lowest BCUT2D eigenvalue weighted by atomic mass is 10.2. The maximum absolute atomic E-state index is 11.7. The fraction of sp³-hybridized carbons (Fsp3) is 0.545. The van der Waals surface area contributed by atoms with Crippen LogP contribution in [-0.2, 0) is 9.59 Å². The van der Waals surface area contributed by atoms with E-state index in [1.807, 2.05) is 13.8 Å². The number of carboxylic acids is 1. The summed E-state index contributed by atoms with van der Waals surface area (Å²) in [6.07, 6.45) is 1.52. The quantitative estimate of drug-likeness (QED) is 0.722. The first kappa shape index (κ1) is 14.6. The maximum atomic E-state index is 11.7. The van der Waals surface area contributed by atoms with E-state index < -0.39 is 17.9 Å². The zero-order valence-corrected chi connectivity index (χ0v) is 11.1. The van der Waals surface area contributed by atoms with Crippen molar-refractivity contribution in [1.29, 1.82) is 0 Å². The summed E-state index contributed by atoms with van der Waals surface area (Å²) in [7, 11) is 0. The number of carbonyl (C=O) groups excluding carboxylic acids is 2. The number of carboxylic acid groups (broad SMARTS) is 1. The average Bonchev–Trinajstić information content (AvgIpc) is 2.25. The lowest BCUT2D eigenvalue weighted by Gasteiger charge is -2.37. The van der Waals surface area contributed by atoms with Gasteiger partial charge in [-0.2, -0.15) is 11.8 Å². The largest absolute Gasteiger partial charge is 0.478 e. The second kappa shape index (κ2) is 5.90. The molecular formula is C11H16N2O4S. The number of hydrogen-bond acceptors (Lipinski definition) is 4. The van der Waals surface area contributed by atoms with Crippen molar-refractivity contribution >= 4 is 29.7 Å². The summed E-state index contributed by atoms with van der Waals surface area (Å²) >= 11 is 1.78. The van der Waals surface area contributed by atoms with E-state index in [0.717, 1.165) is 11.8 Å². The molecule has 0 saturated carbocycles. The molecule has 0 bridgehead atoms. The number of nitrogens with one attached hydrogen (secondary N) is 1. The number of hydrogen-bond donors (Lipinski definition) is 2. The Morgan fingerprint density at radius 1 is 1.33 bits per heavy atom. The van der Waals surface area contributed by atoms with E-state index in [4.69, 9.17) is 5.11 Å². The first-order valence-electron chi connectivity index (χ1n) is 5.45. The molecule has 0 unspecified atom stereocenters. The molecule has 6 nitrogen and oxygen atoms in total. The number of imide groups is 1. The second-order valence-corrected chi connectivity index (χ2v) is 6.30. The van der Waals surface area contributed by atoms with Gasteiger partial charge in [0.15, 0.2) is 0 Å². The van der Waals surface area contributed by atoms with Crippen LogP contribution in [0.4, 0.5) is 4.79 Å². The molecule has 100 valence electrons. The zero-order chi connectivity index (χ0) is 13.8. The molecule has 18 heavy (non-hydrogen) atoms. The first-order valence-corrected chi connectivity index (χ1v) is 6.43. The van der Waals surface area contributed by atoms with Crippen LogP contribution >= 0.6 is 11.8 Å². The van der Waals surface area contributed by atoms with E-state index in [1.54, 1.807) is 16.7 Å². The number of aliphatic carboxylic acids is 1. The van der Waals surface area contributed by atoms with Gasteiger partial charge in [0.2, 0.25) is 0 Å². The van der Waals surface area contributed by atoms with Crippen LogP contribution in [0.5, 0.6) is 0 Å². The number of thioether (sulfide) groups is 1. The van der Waals surface area contributed by atoms with Crippen LogP contribution in [0.1, 0.15) is 13.8 Å². The zero-order valence-electron chi connectivity index (χ0n) is 10.3. The third kappa shape index (κ3) is 4.79. The molecular weight excluding hydrogens is 256 g/mol. The summed E-state index contributed by atoms with van der Waals surface area (Å²) < 4.78 is -0.0322. The summed E-state index contributed by atoms with van der Waals surface area (Å²) in [5.41, 5.74) is 0. The Kier molecular flexibility index (Phi) is 4.77. The van der Waals surface area contributed by atoms with Gasteiger partial charge in [0.25, 0.3) is 5.91 Å². The van der Waals surface area contributed by atoms with Gasteiger partial charge in [0.1, 0.15) is 0 Å². The van der Waals surface area contributed by atoms with Crippen molar-refractivity contribution in [3.05, 3.63) is 12.2 Å². The van der Waals surface area contributed by atoms with Gasteiger partial charge in [0.05, 0.1) is 0 Å². The van der Waals surface area contributed by atoms with Crippen LogP contribution in [0, 0.1) is 0 Å². The molecule has 0 aromatic rings. The highest BCUT2D eigenvalue weighted by atomic mass is 32.2. The first-order chi connectivity index (χ1) is 8.30. The number of nitrogens with zero attached hydrogens (tertiary/aromatic N) is 1. The highest BCUT2D eigenvalue weighted by Crippen LogP contribution is 2.29. The molecule has 1 heterocycles. The van der Waals surface area contributed by atoms with Crippen LogP contribution in [-0.4, -0.2) is 51.5 Å². The summed E-state index contributed by atoms with van der Waals surface area (Å²) in [6, 6.07) is -0.483. The van der Waals surface area contributed by atoms with Gasteiger partial charge in [-0.1, -0.05) is 0 Å². The van der Waals surface area contributed by atoms with Gasteiger partial charge >= 0.3 is 12.0 Å². The van der Waals surface area contributed by atoms with E-state index in [-0.39, 0.29) is 4.75 Å². The van der Waals surface area contributed by atoms with Gasteiger partial charge in [-0.05, 0) is 13.8 Å². The predicted octanol–water partition coefficient (Wildman–Crippen LogP) is 0.691. The van der Waals surface area contributed by atoms with Crippen LogP contribution in [0.15, 0.2) is 12.2 Å². The van der Waals surface area contributed by atoms with Crippen molar-refractivity contribution in [2.75, 3.05) is 18.8 Å². The second-order valence-electron chi connectivity index (χ2n) is 4.50. The summed E-state index contributed by atoms with van der Waals surface area (Å²) in [6.45, 7) is 5.20. The Balaban J connectivity index is 2.50. The molecule has 3 amide bonds. The normalized spacial score (nSPS) is 18.7. The molecule has 0 atom stereocenters. The van der Waals surface area contributed by atoms with Crippen molar-refractivity contribution in [3.8, 4) is 0 Å². The minimum Gasteiger partial charge on any atom is -0.478 e. The standard InChI is InChI=1S/C11H16N2O4S/c1-11(2)7-13(5-6-18-11)10(17)12-8(14)3-4-9(15)16/h3-4H,5-7H2,1-2H3,(H,15,16)(H,12,14,17)/b4-3+. The molecule has 1 saturated heterocycles. The number of amides is 3. The maximum Gasteiger partial charge on any atom is 0.328 e. The van der Waals surface area contributed by atoms with Gasteiger partial charge in [-0.15, -0.1) is 0 Å². The Hall–Kier alpha value is -1.50. The van der Waals surface area contributed by atoms with Crippen molar-refractivity contribution in [1.82, 2.24) is 10.2 Å². The fourth-order valence-corrected chi connectivity index (χ4v) is 2.67. The molecule has 1 rings (SSSR count). The molecule has 0 aromatic carbocycles. The molecule has 1 aliphatic heterocycles. The molecule has 0 aromatic heterocycles. The van der Waals surface area contributed by atoms with Crippen molar-refractivity contribution in [2.45, 2.75) is 18.6 Å². The summed E-state index contributed by atoms with van der Waals surface area (Å²) in [5, 5.41) is 10.5. The van der Waals surface area contributed by atoms with E-state index >= 15 is 0 Å². The number of carbonyl (C=O) groups is 3. The van der Waals surface area contributed by atoms with Crippen molar-refractivity contribution < 1.29 is 19.5 Å². The van der Waals surface area contributed by atoms with E-state index in [2.05, 4.69) is 5.32 Å². The lowest BCUT2D eigenvalue weighted by molar-refractivity contribution is -0.131.